The Morgan fingerprint density at radius 1 is 1.30 bits per heavy atom. The fourth-order valence-electron chi connectivity index (χ4n) is 2.98. The minimum absolute atomic E-state index is 0.230. The smallest absolute Gasteiger partial charge is 0.125 e. The molecular weight excluding hydrogens is 253 g/mol. The summed E-state index contributed by atoms with van der Waals surface area (Å²) in [6.07, 6.45) is 4.20. The molecule has 4 heteroatoms. The monoisotopic (exact) mass is 273 g/mol. The molecule has 2 heterocycles. The number of likely N-dealkylation sites (N-methyl/N-ethyl adjacent to an activating group) is 1. The lowest BCUT2D eigenvalue weighted by molar-refractivity contribution is 0.258. The standard InChI is InChI=1S/C16H20FN3/c1-19(2)13-4-3-9-20(11-13)16-7-8-18-15-10-12(17)5-6-14(15)16/h5-8,10,13H,3-4,9,11H2,1-2H3. The fraction of sp³-hybridized carbons (Fsp3) is 0.438. The number of hydrogen-bond donors (Lipinski definition) is 0. The van der Waals surface area contributed by atoms with E-state index in [1.54, 1.807) is 6.20 Å². The molecule has 1 saturated heterocycles. The molecule has 1 atom stereocenters. The highest BCUT2D eigenvalue weighted by atomic mass is 19.1. The van der Waals surface area contributed by atoms with Gasteiger partial charge in [0.05, 0.1) is 5.52 Å². The van der Waals surface area contributed by atoms with Crippen molar-refractivity contribution < 1.29 is 4.39 Å². The van der Waals surface area contributed by atoms with Crippen LogP contribution in [-0.2, 0) is 0 Å². The number of anilines is 1. The van der Waals surface area contributed by atoms with E-state index < -0.39 is 0 Å². The van der Waals surface area contributed by atoms with E-state index in [-0.39, 0.29) is 5.82 Å². The van der Waals surface area contributed by atoms with Gasteiger partial charge in [-0.15, -0.1) is 0 Å². The topological polar surface area (TPSA) is 19.4 Å². The average Bonchev–Trinajstić information content (AvgIpc) is 2.46. The highest BCUT2D eigenvalue weighted by Crippen LogP contribution is 2.28. The first-order valence-electron chi connectivity index (χ1n) is 7.11. The largest absolute Gasteiger partial charge is 0.369 e. The molecule has 0 spiro atoms. The zero-order valence-corrected chi connectivity index (χ0v) is 12.0. The van der Waals surface area contributed by atoms with Crippen LogP contribution in [0, 0.1) is 5.82 Å². The van der Waals surface area contributed by atoms with Gasteiger partial charge >= 0.3 is 0 Å². The van der Waals surface area contributed by atoms with Crippen LogP contribution >= 0.6 is 0 Å². The van der Waals surface area contributed by atoms with Crippen LogP contribution in [0.4, 0.5) is 10.1 Å². The highest BCUT2D eigenvalue weighted by Gasteiger charge is 2.22. The number of halogens is 1. The second-order valence-corrected chi connectivity index (χ2v) is 5.70. The Balaban J connectivity index is 1.97. The zero-order chi connectivity index (χ0) is 14.1. The zero-order valence-electron chi connectivity index (χ0n) is 12.0. The molecule has 0 amide bonds. The van der Waals surface area contributed by atoms with Gasteiger partial charge in [-0.05, 0) is 45.1 Å². The van der Waals surface area contributed by atoms with Crippen molar-refractivity contribution in [3.63, 3.8) is 0 Å². The summed E-state index contributed by atoms with van der Waals surface area (Å²) in [6.45, 7) is 2.07. The molecule has 1 aliphatic rings. The first-order valence-corrected chi connectivity index (χ1v) is 7.11. The van der Waals surface area contributed by atoms with Crippen molar-refractivity contribution in [2.45, 2.75) is 18.9 Å². The lowest BCUT2D eigenvalue weighted by atomic mass is 10.0. The van der Waals surface area contributed by atoms with Crippen molar-refractivity contribution in [3.8, 4) is 0 Å². The lowest BCUT2D eigenvalue weighted by Crippen LogP contribution is -2.45. The summed E-state index contributed by atoms with van der Waals surface area (Å²) in [7, 11) is 4.27. The summed E-state index contributed by atoms with van der Waals surface area (Å²) in [4.78, 5) is 8.96. The third-order valence-corrected chi connectivity index (χ3v) is 4.15. The normalized spacial score (nSPS) is 19.8. The molecule has 0 bridgehead atoms. The summed E-state index contributed by atoms with van der Waals surface area (Å²) < 4.78 is 13.3. The van der Waals surface area contributed by atoms with Crippen LogP contribution in [0.25, 0.3) is 10.9 Å². The molecule has 1 aromatic heterocycles. The van der Waals surface area contributed by atoms with Crippen molar-refractivity contribution in [3.05, 3.63) is 36.3 Å². The van der Waals surface area contributed by atoms with Crippen molar-refractivity contribution in [1.29, 1.82) is 0 Å². The molecule has 106 valence electrons. The van der Waals surface area contributed by atoms with E-state index in [2.05, 4.69) is 28.9 Å². The van der Waals surface area contributed by atoms with E-state index in [1.165, 1.54) is 30.7 Å². The van der Waals surface area contributed by atoms with Gasteiger partial charge < -0.3 is 9.80 Å². The quantitative estimate of drug-likeness (QED) is 0.838. The Kier molecular flexibility index (Phi) is 3.57. The number of fused-ring (bicyclic) bond motifs is 1. The van der Waals surface area contributed by atoms with E-state index >= 15 is 0 Å². The minimum Gasteiger partial charge on any atom is -0.369 e. The van der Waals surface area contributed by atoms with Gasteiger partial charge in [0.25, 0.3) is 0 Å². The Bertz CT molecular complexity index is 612. The van der Waals surface area contributed by atoms with Crippen molar-refractivity contribution in [2.75, 3.05) is 32.1 Å². The molecule has 1 aliphatic heterocycles. The predicted octanol–water partition coefficient (Wildman–Crippen LogP) is 2.90. The molecule has 1 unspecified atom stereocenters. The van der Waals surface area contributed by atoms with Gasteiger partial charge in [-0.3, -0.25) is 4.98 Å². The molecule has 1 aromatic carbocycles. The van der Waals surface area contributed by atoms with Crippen LogP contribution in [0.1, 0.15) is 12.8 Å². The van der Waals surface area contributed by atoms with E-state index in [4.69, 9.17) is 0 Å². The molecule has 3 rings (SSSR count). The van der Waals surface area contributed by atoms with Crippen LogP contribution in [0.2, 0.25) is 0 Å². The average molecular weight is 273 g/mol. The van der Waals surface area contributed by atoms with E-state index in [0.29, 0.717) is 6.04 Å². The molecule has 0 saturated carbocycles. The van der Waals surface area contributed by atoms with Crippen LogP contribution in [0.5, 0.6) is 0 Å². The number of hydrogen-bond acceptors (Lipinski definition) is 3. The number of benzene rings is 1. The van der Waals surface area contributed by atoms with Crippen LogP contribution in [-0.4, -0.2) is 43.1 Å². The number of aromatic nitrogens is 1. The first kappa shape index (κ1) is 13.3. The highest BCUT2D eigenvalue weighted by molar-refractivity contribution is 5.91. The van der Waals surface area contributed by atoms with E-state index in [1.807, 2.05) is 12.1 Å². The van der Waals surface area contributed by atoms with Gasteiger partial charge in [0, 0.05) is 42.5 Å². The minimum atomic E-state index is -0.230. The van der Waals surface area contributed by atoms with Crippen molar-refractivity contribution in [1.82, 2.24) is 9.88 Å². The number of piperidine rings is 1. The molecule has 0 N–H and O–H groups in total. The SMILES string of the molecule is CN(C)C1CCCN(c2ccnc3cc(F)ccc23)C1. The molecule has 2 aromatic rings. The summed E-state index contributed by atoms with van der Waals surface area (Å²) in [5.74, 6) is -0.230. The van der Waals surface area contributed by atoms with Gasteiger partial charge in [-0.2, -0.15) is 0 Å². The molecule has 20 heavy (non-hydrogen) atoms. The van der Waals surface area contributed by atoms with Crippen LogP contribution in [0.3, 0.4) is 0 Å². The molecule has 0 radical (unpaired) electrons. The Morgan fingerprint density at radius 2 is 2.15 bits per heavy atom. The molecule has 1 fully saturated rings. The predicted molar refractivity (Wildman–Crippen MR) is 80.6 cm³/mol. The third kappa shape index (κ3) is 2.48. The fourth-order valence-corrected chi connectivity index (χ4v) is 2.98. The summed E-state index contributed by atoms with van der Waals surface area (Å²) in [6, 6.07) is 7.48. The van der Waals surface area contributed by atoms with Gasteiger partial charge in [0.1, 0.15) is 5.82 Å². The van der Waals surface area contributed by atoms with Crippen molar-refractivity contribution >= 4 is 16.6 Å². The maximum atomic E-state index is 13.3. The van der Waals surface area contributed by atoms with Gasteiger partial charge in [-0.25, -0.2) is 4.39 Å². The van der Waals surface area contributed by atoms with E-state index in [9.17, 15) is 4.39 Å². The van der Waals surface area contributed by atoms with Crippen LogP contribution in [0.15, 0.2) is 30.5 Å². The van der Waals surface area contributed by atoms with E-state index in [0.717, 1.165) is 24.0 Å². The Labute approximate surface area is 119 Å². The molecular formula is C16H20FN3. The maximum absolute atomic E-state index is 13.3. The number of pyridine rings is 1. The summed E-state index contributed by atoms with van der Waals surface area (Å²) >= 11 is 0. The lowest BCUT2D eigenvalue weighted by Gasteiger charge is -2.37. The number of nitrogens with zero attached hydrogens (tertiary/aromatic N) is 3. The molecule has 3 nitrogen and oxygen atoms in total. The van der Waals surface area contributed by atoms with Crippen LogP contribution < -0.4 is 4.90 Å². The second kappa shape index (κ2) is 5.37. The Morgan fingerprint density at radius 3 is 2.95 bits per heavy atom. The number of rotatable bonds is 2. The van der Waals surface area contributed by atoms with Gasteiger partial charge in [-0.1, -0.05) is 0 Å². The maximum Gasteiger partial charge on any atom is 0.125 e. The van der Waals surface area contributed by atoms with Gasteiger partial charge in [0.2, 0.25) is 0 Å². The van der Waals surface area contributed by atoms with Gasteiger partial charge in [0.15, 0.2) is 0 Å². The summed E-state index contributed by atoms with van der Waals surface area (Å²) in [5, 5.41) is 1.04. The summed E-state index contributed by atoms with van der Waals surface area (Å²) in [5.41, 5.74) is 1.90. The van der Waals surface area contributed by atoms with Crippen molar-refractivity contribution in [2.24, 2.45) is 0 Å². The second-order valence-electron chi connectivity index (χ2n) is 5.70. The molecule has 0 aliphatic carbocycles. The Hall–Kier alpha value is -1.68. The first-order chi connectivity index (χ1) is 9.65. The third-order valence-electron chi connectivity index (χ3n) is 4.15.